The van der Waals surface area contributed by atoms with Crippen LogP contribution in [0.3, 0.4) is 0 Å². The molecule has 6 unspecified atom stereocenters. The summed E-state index contributed by atoms with van der Waals surface area (Å²) in [5, 5.41) is 30.4. The SMILES string of the molecule is C=C1C(=CC=C2CCC[C@@]3(C)C2CCC3C(C)C=CC(O)C2CC2)CC(O)CC1O. The Hall–Kier alpha value is -1.16. The van der Waals surface area contributed by atoms with E-state index in [2.05, 4.69) is 44.7 Å². The molecule has 0 aromatic carbocycles. The van der Waals surface area contributed by atoms with Crippen LogP contribution in [-0.2, 0) is 0 Å². The molecule has 0 amide bonds. The lowest BCUT2D eigenvalue weighted by atomic mass is 9.61. The Morgan fingerprint density at radius 2 is 1.87 bits per heavy atom. The molecule has 0 aromatic heterocycles. The molecule has 0 heterocycles. The fourth-order valence-corrected chi connectivity index (χ4v) is 6.63. The smallest absolute Gasteiger partial charge is 0.0811 e. The molecular weight excluding hydrogens is 372 g/mol. The van der Waals surface area contributed by atoms with Crippen LogP contribution in [0.5, 0.6) is 0 Å². The Kier molecular flexibility index (Phi) is 6.44. The molecule has 4 saturated carbocycles. The van der Waals surface area contributed by atoms with Gasteiger partial charge in [0.1, 0.15) is 0 Å². The fourth-order valence-electron chi connectivity index (χ4n) is 6.63. The molecule has 30 heavy (non-hydrogen) atoms. The second-order valence-electron chi connectivity index (χ2n) is 10.7. The van der Waals surface area contributed by atoms with E-state index >= 15 is 0 Å². The molecule has 0 aliphatic heterocycles. The number of allylic oxidation sites excluding steroid dienone is 4. The van der Waals surface area contributed by atoms with Crippen molar-refractivity contribution in [1.29, 1.82) is 0 Å². The van der Waals surface area contributed by atoms with Gasteiger partial charge >= 0.3 is 0 Å². The van der Waals surface area contributed by atoms with Crippen LogP contribution in [-0.4, -0.2) is 33.6 Å². The first kappa shape index (κ1) is 22.0. The molecule has 0 aromatic rings. The van der Waals surface area contributed by atoms with Gasteiger partial charge in [0.2, 0.25) is 0 Å². The van der Waals surface area contributed by atoms with E-state index < -0.39 is 12.2 Å². The van der Waals surface area contributed by atoms with Crippen molar-refractivity contribution < 1.29 is 15.3 Å². The van der Waals surface area contributed by atoms with E-state index in [9.17, 15) is 15.3 Å². The van der Waals surface area contributed by atoms with Crippen LogP contribution in [0.2, 0.25) is 0 Å². The first-order valence-electron chi connectivity index (χ1n) is 12.1. The molecule has 3 heteroatoms. The van der Waals surface area contributed by atoms with Gasteiger partial charge in [-0.3, -0.25) is 0 Å². The molecular formula is C27H40O3. The van der Waals surface area contributed by atoms with Gasteiger partial charge < -0.3 is 15.3 Å². The quantitative estimate of drug-likeness (QED) is 0.551. The average Bonchev–Trinajstić information content (AvgIpc) is 3.49. The maximum atomic E-state index is 10.2. The van der Waals surface area contributed by atoms with Gasteiger partial charge in [-0.15, -0.1) is 0 Å². The van der Waals surface area contributed by atoms with Crippen LogP contribution in [0.1, 0.15) is 71.6 Å². The number of fused-ring (bicyclic) bond motifs is 1. The molecule has 166 valence electrons. The minimum atomic E-state index is -0.621. The minimum Gasteiger partial charge on any atom is -0.393 e. The summed E-state index contributed by atoms with van der Waals surface area (Å²) in [5.41, 5.74) is 3.63. The standard InChI is InChI=1S/C27H40O3/c1-17(6-13-25(29)20-8-9-20)23-11-12-24-19(5-4-14-27(23,24)3)7-10-21-15-22(28)16-26(30)18(21)2/h6-7,10,13,17,20,22-26,28-30H,2,4-5,8-9,11-12,14-16H2,1,3H3/t17?,22?,23?,24?,25?,26?,27-/m1/s1. The molecule has 3 N–H and O–H groups in total. The van der Waals surface area contributed by atoms with Crippen LogP contribution in [0.25, 0.3) is 0 Å². The molecule has 4 aliphatic carbocycles. The van der Waals surface area contributed by atoms with Gasteiger partial charge in [-0.25, -0.2) is 0 Å². The number of rotatable bonds is 5. The Morgan fingerprint density at radius 3 is 2.60 bits per heavy atom. The highest BCUT2D eigenvalue weighted by Gasteiger charge is 2.50. The van der Waals surface area contributed by atoms with Gasteiger partial charge in [-0.05, 0) is 91.6 Å². The number of aliphatic hydroxyl groups excluding tert-OH is 3. The highest BCUT2D eigenvalue weighted by Crippen LogP contribution is 2.59. The van der Waals surface area contributed by atoms with E-state index in [-0.39, 0.29) is 6.10 Å². The molecule has 0 bridgehead atoms. The van der Waals surface area contributed by atoms with Crippen molar-refractivity contribution in [2.45, 2.75) is 89.9 Å². The lowest BCUT2D eigenvalue weighted by molar-refractivity contribution is 0.0862. The lowest BCUT2D eigenvalue weighted by Gasteiger charge is -2.44. The predicted octanol–water partition coefficient (Wildman–Crippen LogP) is 5.09. The third kappa shape index (κ3) is 4.40. The molecule has 0 radical (unpaired) electrons. The number of hydrogen-bond donors (Lipinski definition) is 3. The van der Waals surface area contributed by atoms with Gasteiger partial charge in [0.05, 0.1) is 18.3 Å². The Bertz CT molecular complexity index is 743. The molecule has 3 nitrogen and oxygen atoms in total. The first-order valence-corrected chi connectivity index (χ1v) is 12.1. The summed E-state index contributed by atoms with van der Waals surface area (Å²) >= 11 is 0. The van der Waals surface area contributed by atoms with Gasteiger partial charge in [0.25, 0.3) is 0 Å². The summed E-state index contributed by atoms with van der Waals surface area (Å²) < 4.78 is 0. The van der Waals surface area contributed by atoms with Crippen molar-refractivity contribution in [1.82, 2.24) is 0 Å². The zero-order chi connectivity index (χ0) is 21.5. The fraction of sp³-hybridized carbons (Fsp3) is 0.704. The Morgan fingerprint density at radius 1 is 1.10 bits per heavy atom. The molecule has 0 saturated heterocycles. The minimum absolute atomic E-state index is 0.250. The molecule has 4 aliphatic rings. The monoisotopic (exact) mass is 412 g/mol. The molecule has 4 fully saturated rings. The second-order valence-corrected chi connectivity index (χ2v) is 10.7. The summed E-state index contributed by atoms with van der Waals surface area (Å²) in [6.07, 6.45) is 16.9. The van der Waals surface area contributed by atoms with E-state index in [0.29, 0.717) is 41.9 Å². The highest BCUT2D eigenvalue weighted by atomic mass is 16.3. The summed E-state index contributed by atoms with van der Waals surface area (Å²) in [5.74, 6) is 2.28. The van der Waals surface area contributed by atoms with E-state index in [1.165, 1.54) is 44.1 Å². The average molecular weight is 413 g/mol. The van der Waals surface area contributed by atoms with Crippen LogP contribution < -0.4 is 0 Å². The maximum Gasteiger partial charge on any atom is 0.0811 e. The van der Waals surface area contributed by atoms with Crippen molar-refractivity contribution in [2.24, 2.45) is 29.1 Å². The Labute approximate surface area is 182 Å². The van der Waals surface area contributed by atoms with Gasteiger partial charge in [-0.2, -0.15) is 0 Å². The normalized spacial score (nSPS) is 42.1. The second kappa shape index (κ2) is 8.76. The van der Waals surface area contributed by atoms with Crippen LogP contribution in [0.15, 0.2) is 47.6 Å². The van der Waals surface area contributed by atoms with Gasteiger partial charge in [0, 0.05) is 6.42 Å². The largest absolute Gasteiger partial charge is 0.393 e. The third-order valence-corrected chi connectivity index (χ3v) is 8.65. The summed E-state index contributed by atoms with van der Waals surface area (Å²) in [6, 6.07) is 0. The molecule has 7 atom stereocenters. The topological polar surface area (TPSA) is 60.7 Å². The van der Waals surface area contributed by atoms with Crippen molar-refractivity contribution in [2.75, 3.05) is 0 Å². The summed E-state index contributed by atoms with van der Waals surface area (Å²) in [7, 11) is 0. The number of aliphatic hydroxyl groups is 3. The maximum absolute atomic E-state index is 10.2. The van der Waals surface area contributed by atoms with Crippen LogP contribution in [0.4, 0.5) is 0 Å². The van der Waals surface area contributed by atoms with Crippen LogP contribution in [0, 0.1) is 29.1 Å². The number of hydrogen-bond acceptors (Lipinski definition) is 3. The third-order valence-electron chi connectivity index (χ3n) is 8.65. The van der Waals surface area contributed by atoms with E-state index in [0.717, 1.165) is 17.6 Å². The van der Waals surface area contributed by atoms with Crippen molar-refractivity contribution in [3.8, 4) is 0 Å². The van der Waals surface area contributed by atoms with Gasteiger partial charge in [0.15, 0.2) is 0 Å². The van der Waals surface area contributed by atoms with Crippen molar-refractivity contribution in [3.63, 3.8) is 0 Å². The lowest BCUT2D eigenvalue weighted by Crippen LogP contribution is -2.35. The Balaban J connectivity index is 1.48. The van der Waals surface area contributed by atoms with E-state index in [4.69, 9.17) is 0 Å². The summed E-state index contributed by atoms with van der Waals surface area (Å²) in [4.78, 5) is 0. The van der Waals surface area contributed by atoms with Crippen molar-refractivity contribution in [3.05, 3.63) is 47.6 Å². The highest BCUT2D eigenvalue weighted by molar-refractivity contribution is 5.38. The molecule has 4 rings (SSSR count). The predicted molar refractivity (Wildman–Crippen MR) is 122 cm³/mol. The van der Waals surface area contributed by atoms with Crippen molar-refractivity contribution >= 4 is 0 Å². The van der Waals surface area contributed by atoms with E-state index in [1.807, 2.05) is 0 Å². The molecule has 0 spiro atoms. The van der Waals surface area contributed by atoms with Crippen LogP contribution >= 0.6 is 0 Å². The zero-order valence-electron chi connectivity index (χ0n) is 18.8. The summed E-state index contributed by atoms with van der Waals surface area (Å²) in [6.45, 7) is 8.88. The first-order chi connectivity index (χ1) is 14.3. The van der Waals surface area contributed by atoms with E-state index in [1.54, 1.807) is 0 Å². The van der Waals surface area contributed by atoms with Gasteiger partial charge in [-0.1, -0.05) is 50.3 Å². The zero-order valence-corrected chi connectivity index (χ0v) is 18.8.